The summed E-state index contributed by atoms with van der Waals surface area (Å²) in [7, 11) is 0. The summed E-state index contributed by atoms with van der Waals surface area (Å²) in [6.45, 7) is 0.525. The maximum absolute atomic E-state index is 12.3. The molecule has 2 unspecified atom stereocenters. The Morgan fingerprint density at radius 1 is 1.25 bits per heavy atom. The molecule has 2 heterocycles. The van der Waals surface area contributed by atoms with E-state index in [9.17, 15) is 20.4 Å². The van der Waals surface area contributed by atoms with Gasteiger partial charge < -0.3 is 10.4 Å². The van der Waals surface area contributed by atoms with Gasteiger partial charge in [-0.1, -0.05) is 0 Å². The summed E-state index contributed by atoms with van der Waals surface area (Å²) in [5, 5.41) is 38.0. The molecule has 1 aromatic heterocycles. The summed E-state index contributed by atoms with van der Waals surface area (Å²) >= 11 is 0. The van der Waals surface area contributed by atoms with E-state index in [0.29, 0.717) is 18.8 Å². The molecule has 0 aliphatic carbocycles. The number of rotatable bonds is 2. The standard InChI is InChI=1S/C11H12N4O5/c16-11-7-4-6(14(17)18)5-8(15(19)20)10(7)12-9-2-1-3-13(9)11/h4-5,14-15,17,19H,1-3H2. The molecule has 0 spiro atoms. The minimum atomic E-state index is -1.30. The topological polar surface area (TPSA) is 130 Å². The summed E-state index contributed by atoms with van der Waals surface area (Å²) in [6, 6.07) is 2.22. The minimum absolute atomic E-state index is 0.0351. The van der Waals surface area contributed by atoms with Crippen molar-refractivity contribution in [3.63, 3.8) is 0 Å². The summed E-state index contributed by atoms with van der Waals surface area (Å²) in [5.74, 6) is 0.549. The molecule has 0 radical (unpaired) electrons. The number of hydrogen-bond acceptors (Lipinski definition) is 6. The molecule has 106 valence electrons. The molecule has 2 atom stereocenters. The molecular formula is C11H12N4O5. The zero-order chi connectivity index (χ0) is 14.4. The van der Waals surface area contributed by atoms with Gasteiger partial charge >= 0.3 is 0 Å². The van der Waals surface area contributed by atoms with Crippen LogP contribution in [-0.4, -0.2) is 20.0 Å². The van der Waals surface area contributed by atoms with Crippen LogP contribution in [-0.2, 0) is 13.0 Å². The van der Waals surface area contributed by atoms with Crippen LogP contribution in [0.3, 0.4) is 0 Å². The van der Waals surface area contributed by atoms with E-state index in [0.717, 1.165) is 12.5 Å². The second-order valence-corrected chi connectivity index (χ2v) is 4.62. The average Bonchev–Trinajstić information content (AvgIpc) is 2.86. The molecule has 2 aromatic rings. The highest BCUT2D eigenvalue weighted by molar-refractivity contribution is 5.88. The Kier molecular flexibility index (Phi) is 3.01. The predicted molar refractivity (Wildman–Crippen MR) is 65.9 cm³/mol. The van der Waals surface area contributed by atoms with Crippen LogP contribution in [0.25, 0.3) is 10.9 Å². The molecule has 0 bridgehead atoms. The van der Waals surface area contributed by atoms with Crippen molar-refractivity contribution in [2.24, 2.45) is 0 Å². The van der Waals surface area contributed by atoms with Crippen molar-refractivity contribution in [1.82, 2.24) is 9.55 Å². The second kappa shape index (κ2) is 4.59. The van der Waals surface area contributed by atoms with Crippen molar-refractivity contribution in [3.05, 3.63) is 38.7 Å². The largest absolute Gasteiger partial charge is 0.595 e. The molecule has 1 aliphatic rings. The quantitative estimate of drug-likeness (QED) is 0.478. The number of quaternary nitrogens is 2. The number of benzene rings is 1. The lowest BCUT2D eigenvalue weighted by molar-refractivity contribution is -0.995. The molecule has 9 heteroatoms. The highest BCUT2D eigenvalue weighted by Gasteiger charge is 2.22. The van der Waals surface area contributed by atoms with Crippen LogP contribution in [0.4, 0.5) is 11.4 Å². The number of hydrogen-bond donors (Lipinski definition) is 4. The van der Waals surface area contributed by atoms with Crippen molar-refractivity contribution < 1.29 is 20.9 Å². The SMILES string of the molecule is O=c1c2cc([NH+]([O-])O)cc([NH+]([O-])O)c2nc2n1CCC2. The number of aromatic nitrogens is 2. The van der Waals surface area contributed by atoms with Gasteiger partial charge in [0.2, 0.25) is 0 Å². The van der Waals surface area contributed by atoms with Crippen molar-refractivity contribution in [2.75, 3.05) is 0 Å². The molecule has 0 amide bonds. The zero-order valence-electron chi connectivity index (χ0n) is 10.3. The molecule has 0 saturated carbocycles. The van der Waals surface area contributed by atoms with Gasteiger partial charge in [0.15, 0.2) is 11.4 Å². The first-order valence-electron chi connectivity index (χ1n) is 6.03. The Bertz CT molecular complexity index is 740. The van der Waals surface area contributed by atoms with Gasteiger partial charge in [-0.3, -0.25) is 9.36 Å². The number of nitrogens with zero attached hydrogens (tertiary/aromatic N) is 2. The van der Waals surface area contributed by atoms with E-state index < -0.39 is 10.5 Å². The third kappa shape index (κ3) is 1.89. The van der Waals surface area contributed by atoms with Crippen LogP contribution in [0, 0.1) is 10.4 Å². The highest BCUT2D eigenvalue weighted by atomic mass is 16.8. The molecule has 1 aliphatic heterocycles. The maximum atomic E-state index is 12.3. The number of nitrogens with one attached hydrogen (secondary N) is 2. The van der Waals surface area contributed by atoms with E-state index in [4.69, 9.17) is 5.21 Å². The number of aryl methyl sites for hydroxylation is 1. The fourth-order valence-corrected chi connectivity index (χ4v) is 2.47. The lowest BCUT2D eigenvalue weighted by Crippen LogP contribution is -3.00. The Morgan fingerprint density at radius 3 is 2.65 bits per heavy atom. The highest BCUT2D eigenvalue weighted by Crippen LogP contribution is 2.22. The monoisotopic (exact) mass is 280 g/mol. The first-order chi connectivity index (χ1) is 9.49. The Morgan fingerprint density at radius 2 is 2.00 bits per heavy atom. The summed E-state index contributed by atoms with van der Waals surface area (Å²) in [4.78, 5) is 16.5. The van der Waals surface area contributed by atoms with E-state index in [1.807, 2.05) is 0 Å². The van der Waals surface area contributed by atoms with Crippen molar-refractivity contribution in [1.29, 1.82) is 0 Å². The van der Waals surface area contributed by atoms with Gasteiger partial charge in [0.05, 0.1) is 11.5 Å². The molecule has 0 saturated heterocycles. The third-order valence-electron chi connectivity index (χ3n) is 3.40. The fourth-order valence-electron chi connectivity index (χ4n) is 2.47. The van der Waals surface area contributed by atoms with Gasteiger partial charge in [-0.2, -0.15) is 10.5 Å². The number of fused-ring (bicyclic) bond motifs is 2. The van der Waals surface area contributed by atoms with Crippen molar-refractivity contribution in [2.45, 2.75) is 19.4 Å². The zero-order valence-corrected chi connectivity index (χ0v) is 10.3. The molecule has 9 nitrogen and oxygen atoms in total. The van der Waals surface area contributed by atoms with Gasteiger partial charge in [-0.15, -0.1) is 0 Å². The van der Waals surface area contributed by atoms with Gasteiger partial charge in [-0.05, 0) is 6.42 Å². The van der Waals surface area contributed by atoms with Gasteiger partial charge in [0.25, 0.3) is 5.56 Å². The van der Waals surface area contributed by atoms with E-state index in [-0.39, 0.29) is 27.8 Å². The van der Waals surface area contributed by atoms with Gasteiger partial charge in [-0.25, -0.2) is 15.4 Å². The van der Waals surface area contributed by atoms with Crippen LogP contribution in [0.5, 0.6) is 0 Å². The first-order valence-corrected chi connectivity index (χ1v) is 6.03. The van der Waals surface area contributed by atoms with Crippen molar-refractivity contribution in [3.8, 4) is 0 Å². The van der Waals surface area contributed by atoms with Gasteiger partial charge in [0.1, 0.15) is 11.3 Å². The van der Waals surface area contributed by atoms with Crippen LogP contribution < -0.4 is 16.0 Å². The Labute approximate surface area is 112 Å². The average molecular weight is 280 g/mol. The smallest absolute Gasteiger partial charge is 0.261 e. The molecule has 4 N–H and O–H groups in total. The minimum Gasteiger partial charge on any atom is -0.595 e. The molecular weight excluding hydrogens is 268 g/mol. The van der Waals surface area contributed by atoms with Crippen LogP contribution in [0.15, 0.2) is 16.9 Å². The van der Waals surface area contributed by atoms with E-state index in [2.05, 4.69) is 4.98 Å². The molecule has 20 heavy (non-hydrogen) atoms. The normalized spacial score (nSPS) is 17.2. The molecule has 3 rings (SSSR count). The summed E-state index contributed by atoms with van der Waals surface area (Å²) in [5.41, 5.74) is -0.812. The van der Waals surface area contributed by atoms with Crippen LogP contribution in [0.1, 0.15) is 12.2 Å². The Balaban J connectivity index is 2.41. The van der Waals surface area contributed by atoms with Gasteiger partial charge in [0, 0.05) is 19.0 Å². The molecule has 1 aromatic carbocycles. The summed E-state index contributed by atoms with van der Waals surface area (Å²) < 4.78 is 1.47. The first kappa shape index (κ1) is 13.1. The molecule has 0 fully saturated rings. The fraction of sp³-hybridized carbons (Fsp3) is 0.273. The lowest BCUT2D eigenvalue weighted by atomic mass is 10.2. The van der Waals surface area contributed by atoms with E-state index >= 15 is 0 Å². The van der Waals surface area contributed by atoms with Crippen LogP contribution >= 0.6 is 0 Å². The van der Waals surface area contributed by atoms with Crippen molar-refractivity contribution >= 4 is 22.3 Å². The lowest BCUT2D eigenvalue weighted by Gasteiger charge is -2.17. The van der Waals surface area contributed by atoms with E-state index in [1.54, 1.807) is 0 Å². The maximum Gasteiger partial charge on any atom is 0.261 e. The van der Waals surface area contributed by atoms with E-state index in [1.165, 1.54) is 10.6 Å². The third-order valence-corrected chi connectivity index (χ3v) is 3.40. The Hall–Kier alpha value is -1.88. The predicted octanol–water partition coefficient (Wildman–Crippen LogP) is -1.85. The van der Waals surface area contributed by atoms with Crippen LogP contribution in [0.2, 0.25) is 0 Å². The second-order valence-electron chi connectivity index (χ2n) is 4.62. The summed E-state index contributed by atoms with van der Waals surface area (Å²) in [6.07, 6.45) is 1.39.